The van der Waals surface area contributed by atoms with Crippen molar-refractivity contribution in [3.63, 3.8) is 0 Å². The second-order valence-electron chi connectivity index (χ2n) is 6.29. The largest absolute Gasteiger partial charge is 0.338 e. The second-order valence-corrected chi connectivity index (χ2v) is 7.14. The minimum atomic E-state index is 0.156. The Bertz CT molecular complexity index is 531. The van der Waals surface area contributed by atoms with E-state index in [4.69, 9.17) is 5.73 Å². The van der Waals surface area contributed by atoms with Crippen LogP contribution in [0.5, 0.6) is 0 Å². The van der Waals surface area contributed by atoms with Crippen LogP contribution in [0, 0.1) is 18.8 Å². The molecule has 2 aliphatic rings. The molecule has 1 aliphatic carbocycles. The van der Waals surface area contributed by atoms with Crippen LogP contribution in [0.4, 0.5) is 0 Å². The Morgan fingerprint density at radius 3 is 2.85 bits per heavy atom. The Labute approximate surface area is 128 Å². The Morgan fingerprint density at radius 2 is 2.05 bits per heavy atom. The fourth-order valence-corrected chi connectivity index (χ4v) is 4.02. The molecule has 0 aromatic heterocycles. The van der Waals surface area contributed by atoms with Gasteiger partial charge in [0, 0.05) is 23.6 Å². The van der Waals surface area contributed by atoms with Crippen molar-refractivity contribution >= 4 is 21.8 Å². The number of carbonyl (C=O) groups is 1. The van der Waals surface area contributed by atoms with E-state index in [2.05, 4.69) is 15.9 Å². The first-order chi connectivity index (χ1) is 9.54. The molecule has 0 spiro atoms. The third-order valence-corrected chi connectivity index (χ3v) is 5.42. The van der Waals surface area contributed by atoms with E-state index in [-0.39, 0.29) is 5.91 Å². The SMILES string of the molecule is Cc1ccc(Br)c(C(=O)N2C[C@H]3CCC(N)C[C@H]3C2)c1. The summed E-state index contributed by atoms with van der Waals surface area (Å²) in [4.78, 5) is 14.7. The van der Waals surface area contributed by atoms with Gasteiger partial charge in [-0.15, -0.1) is 0 Å². The van der Waals surface area contributed by atoms with E-state index in [0.29, 0.717) is 17.9 Å². The molecule has 0 bridgehead atoms. The van der Waals surface area contributed by atoms with Crippen LogP contribution < -0.4 is 5.73 Å². The molecule has 3 rings (SSSR count). The van der Waals surface area contributed by atoms with E-state index in [1.54, 1.807) is 0 Å². The maximum atomic E-state index is 12.7. The van der Waals surface area contributed by atoms with Crippen molar-refractivity contribution in [3.05, 3.63) is 33.8 Å². The molecule has 1 aromatic rings. The van der Waals surface area contributed by atoms with Crippen molar-refractivity contribution in [2.24, 2.45) is 17.6 Å². The first kappa shape index (κ1) is 14.1. The first-order valence-electron chi connectivity index (χ1n) is 7.35. The van der Waals surface area contributed by atoms with Gasteiger partial charge in [-0.1, -0.05) is 11.6 Å². The van der Waals surface area contributed by atoms with Gasteiger partial charge >= 0.3 is 0 Å². The summed E-state index contributed by atoms with van der Waals surface area (Å²) in [7, 11) is 0. The minimum Gasteiger partial charge on any atom is -0.338 e. The minimum absolute atomic E-state index is 0.156. The van der Waals surface area contributed by atoms with E-state index in [9.17, 15) is 4.79 Å². The zero-order valence-corrected chi connectivity index (χ0v) is 13.4. The monoisotopic (exact) mass is 336 g/mol. The van der Waals surface area contributed by atoms with Crippen molar-refractivity contribution in [2.45, 2.75) is 32.2 Å². The van der Waals surface area contributed by atoms with Crippen molar-refractivity contribution in [1.82, 2.24) is 4.90 Å². The molecule has 1 aliphatic heterocycles. The second kappa shape index (κ2) is 5.49. The Morgan fingerprint density at radius 1 is 1.30 bits per heavy atom. The van der Waals surface area contributed by atoms with Gasteiger partial charge in [0.1, 0.15) is 0 Å². The Hall–Kier alpha value is -0.870. The maximum Gasteiger partial charge on any atom is 0.255 e. The standard InChI is InChI=1S/C16H21BrN2O/c1-10-2-5-15(17)14(6-10)16(20)19-8-11-3-4-13(18)7-12(11)9-19/h2,5-6,11-13H,3-4,7-9,18H2,1H3/t11-,12+,13?/m1/s1. The number of hydrogen-bond acceptors (Lipinski definition) is 2. The van der Waals surface area contributed by atoms with E-state index >= 15 is 0 Å². The molecule has 2 N–H and O–H groups in total. The normalized spacial score (nSPS) is 29.4. The van der Waals surface area contributed by atoms with Crippen molar-refractivity contribution in [3.8, 4) is 0 Å². The average molecular weight is 337 g/mol. The topological polar surface area (TPSA) is 46.3 Å². The number of benzene rings is 1. The highest BCUT2D eigenvalue weighted by atomic mass is 79.9. The van der Waals surface area contributed by atoms with Crippen molar-refractivity contribution in [1.29, 1.82) is 0 Å². The van der Waals surface area contributed by atoms with Gasteiger partial charge in [0.25, 0.3) is 5.91 Å². The Kier molecular flexibility index (Phi) is 3.87. The lowest BCUT2D eigenvalue weighted by molar-refractivity contribution is 0.0783. The number of fused-ring (bicyclic) bond motifs is 1. The zero-order chi connectivity index (χ0) is 14.3. The van der Waals surface area contributed by atoms with Crippen LogP contribution >= 0.6 is 15.9 Å². The van der Waals surface area contributed by atoms with Crippen LogP contribution in [0.2, 0.25) is 0 Å². The lowest BCUT2D eigenvalue weighted by atomic mass is 9.79. The molecule has 1 saturated carbocycles. The molecule has 4 heteroatoms. The highest BCUT2D eigenvalue weighted by molar-refractivity contribution is 9.10. The molecule has 1 saturated heterocycles. The van der Waals surface area contributed by atoms with Gasteiger partial charge in [-0.05, 0) is 66.1 Å². The highest BCUT2D eigenvalue weighted by Crippen LogP contribution is 2.36. The molecule has 3 atom stereocenters. The number of nitrogens with two attached hydrogens (primary N) is 1. The molecule has 3 nitrogen and oxygen atoms in total. The lowest BCUT2D eigenvalue weighted by Crippen LogP contribution is -2.32. The molecule has 1 aromatic carbocycles. The van der Waals surface area contributed by atoms with Gasteiger partial charge in [0.2, 0.25) is 0 Å². The number of likely N-dealkylation sites (tertiary alicyclic amines) is 1. The number of amides is 1. The molecular formula is C16H21BrN2O. The molecule has 0 radical (unpaired) electrons. The summed E-state index contributed by atoms with van der Waals surface area (Å²) in [5, 5.41) is 0. The molecule has 108 valence electrons. The van der Waals surface area contributed by atoms with Gasteiger partial charge in [-0.25, -0.2) is 0 Å². The van der Waals surface area contributed by atoms with Gasteiger partial charge in [0.05, 0.1) is 5.56 Å². The third kappa shape index (κ3) is 2.63. The number of carbonyl (C=O) groups excluding carboxylic acids is 1. The lowest BCUT2D eigenvalue weighted by Gasteiger charge is -2.27. The van der Waals surface area contributed by atoms with Crippen LogP contribution in [-0.2, 0) is 0 Å². The van der Waals surface area contributed by atoms with Crippen LogP contribution in [0.25, 0.3) is 0 Å². The van der Waals surface area contributed by atoms with Gasteiger partial charge in [-0.2, -0.15) is 0 Å². The number of nitrogens with zero attached hydrogens (tertiary/aromatic N) is 1. The van der Waals surface area contributed by atoms with Crippen LogP contribution in [0.15, 0.2) is 22.7 Å². The van der Waals surface area contributed by atoms with Gasteiger partial charge in [-0.3, -0.25) is 4.79 Å². The predicted octanol–water partition coefficient (Wildman–Crippen LogP) is 2.96. The van der Waals surface area contributed by atoms with Crippen molar-refractivity contribution < 1.29 is 4.79 Å². The van der Waals surface area contributed by atoms with E-state index in [1.165, 1.54) is 6.42 Å². The summed E-state index contributed by atoms with van der Waals surface area (Å²) in [6.45, 7) is 3.79. The van der Waals surface area contributed by atoms with E-state index in [0.717, 1.165) is 41.5 Å². The number of hydrogen-bond donors (Lipinski definition) is 1. The van der Waals surface area contributed by atoms with E-state index in [1.807, 2.05) is 30.0 Å². The van der Waals surface area contributed by atoms with Crippen LogP contribution in [-0.4, -0.2) is 29.9 Å². The zero-order valence-electron chi connectivity index (χ0n) is 11.8. The molecular weight excluding hydrogens is 316 g/mol. The van der Waals surface area contributed by atoms with Crippen molar-refractivity contribution in [2.75, 3.05) is 13.1 Å². The number of rotatable bonds is 1. The molecule has 2 fully saturated rings. The number of halogens is 1. The fraction of sp³-hybridized carbons (Fsp3) is 0.562. The maximum absolute atomic E-state index is 12.7. The fourth-order valence-electron chi connectivity index (χ4n) is 3.61. The summed E-state index contributed by atoms with van der Waals surface area (Å²) < 4.78 is 0.889. The first-order valence-corrected chi connectivity index (χ1v) is 8.15. The summed E-state index contributed by atoms with van der Waals surface area (Å²) in [6.07, 6.45) is 3.35. The predicted molar refractivity (Wildman–Crippen MR) is 83.6 cm³/mol. The van der Waals surface area contributed by atoms with E-state index < -0.39 is 0 Å². The third-order valence-electron chi connectivity index (χ3n) is 4.73. The smallest absolute Gasteiger partial charge is 0.255 e. The quantitative estimate of drug-likeness (QED) is 0.856. The average Bonchev–Trinajstić information content (AvgIpc) is 2.83. The number of aryl methyl sites for hydroxylation is 1. The van der Waals surface area contributed by atoms with Crippen LogP contribution in [0.1, 0.15) is 35.2 Å². The summed E-state index contributed by atoms with van der Waals surface area (Å²) in [5.74, 6) is 1.41. The molecule has 1 amide bonds. The Balaban J connectivity index is 1.77. The highest BCUT2D eigenvalue weighted by Gasteiger charge is 2.38. The summed E-state index contributed by atoms with van der Waals surface area (Å²) in [5.41, 5.74) is 7.96. The molecule has 1 unspecified atom stereocenters. The van der Waals surface area contributed by atoms with Gasteiger partial charge in [0.15, 0.2) is 0 Å². The van der Waals surface area contributed by atoms with Crippen LogP contribution in [0.3, 0.4) is 0 Å². The molecule has 1 heterocycles. The summed E-state index contributed by atoms with van der Waals surface area (Å²) >= 11 is 3.50. The van der Waals surface area contributed by atoms with Gasteiger partial charge < -0.3 is 10.6 Å². The summed E-state index contributed by atoms with van der Waals surface area (Å²) in [6, 6.07) is 6.28. The molecule has 20 heavy (non-hydrogen) atoms.